The zero-order valence-corrected chi connectivity index (χ0v) is 85.0. The Morgan fingerprint density at radius 3 is 1.22 bits per heavy atom. The second kappa shape index (κ2) is 47.0. The van der Waals surface area contributed by atoms with Crippen molar-refractivity contribution < 1.29 is 86.0 Å². The highest BCUT2D eigenvalue weighted by atomic mass is 35.5. The lowest BCUT2D eigenvalue weighted by atomic mass is 10.1. The quantitative estimate of drug-likeness (QED) is 0.0167. The van der Waals surface area contributed by atoms with Crippen LogP contribution in [0.5, 0.6) is 0 Å². The first-order chi connectivity index (χ1) is 67.5. The third kappa shape index (κ3) is 27.7. The number of methoxy groups -OCH3 is 4. The Morgan fingerprint density at radius 2 is 0.853 bits per heavy atom. The van der Waals surface area contributed by atoms with E-state index in [0.29, 0.717) is 108 Å². The number of hydrogen-bond donors (Lipinski definition) is 8. The van der Waals surface area contributed by atoms with Crippen LogP contribution >= 0.6 is 35.6 Å². The third-order valence-corrected chi connectivity index (χ3v) is 23.9. The van der Waals surface area contributed by atoms with E-state index in [1.165, 1.54) is 66.0 Å². The molecule has 7 fully saturated rings. The fourth-order valence-electron chi connectivity index (χ4n) is 15.6. The number of rotatable bonds is 23. The van der Waals surface area contributed by atoms with Crippen molar-refractivity contribution in [3.05, 3.63) is 168 Å². The van der Waals surface area contributed by atoms with E-state index in [2.05, 4.69) is 66.9 Å². The van der Waals surface area contributed by atoms with E-state index >= 15 is 0 Å². The first-order valence-electron chi connectivity index (χ1n) is 46.3. The smallest absolute Gasteiger partial charge is 0.415 e. The highest BCUT2D eigenvalue weighted by molar-refractivity contribution is 6.30. The molecule has 0 radical (unpaired) electrons. The summed E-state index contributed by atoms with van der Waals surface area (Å²) in [7, 11) is 12.9. The van der Waals surface area contributed by atoms with Crippen LogP contribution in [0.15, 0.2) is 118 Å². The van der Waals surface area contributed by atoms with Gasteiger partial charge in [0.1, 0.15) is 90.1 Å². The average molecular weight is 2050 g/mol. The van der Waals surface area contributed by atoms with Crippen molar-refractivity contribution in [2.24, 2.45) is 11.7 Å². The summed E-state index contributed by atoms with van der Waals surface area (Å²) in [5.41, 5.74) is 11.2. The number of ketones is 1. The number of carboxylic acid groups (broad SMARTS) is 1. The zero-order valence-electron chi connectivity index (χ0n) is 82.7. The standard InChI is InChI=1S/C27H35N7O6.C22H27N7O4.C18H23ClN4O4.C13H15ClN4O4.C10H14N2O2.C4H9NO.ClH/c1-27(2,3)40-26(37)32(4)22-13-21(29-18-9-6-10-33(25(18)36)16-8-7-11-39-15-16)31-23-17(14-28-34(22)23)24(35)30-19-12-20(19)38-5;1-23-19-10-18(25-15-6-3-7-28(22(15)31)13-5-4-8-33-12-13)27-20-14(11-24-29(19)20)21(30)26-16-9-17(16)32-2;1-18(2,3)27-17(25)22(4)15-8-14(19)21-16-11(9-20-23(15)16)12(24)6-10-7-13(10)26-5;1-13(2,3)22-12(21)17(4)9-5-8(14)16-10-7(11(19)20)6-15-18(9)10;11-9-4-1-5-12(10(9)13)8-3-2-6-14-7-8;1-6-4-2-3(4)5;/h6,9-10,13-14,16,19-20H,7-8,11-12,15H2,1-5H3,(H,29,31)(H,30,35);3,6-7,10-11,13,16-17,23H,4-5,8-9,12H2,1-2H3,(H,25,27)(H,26,30);8-10,13H,6-7H2,1-5H3;5-6H,1-4H3,(H,19,20);1,4-5,8H,2-3,6-7,11H2;3-4H,2,5H2,1H3;1H/t16-,19?,20-;13-,16?,17-;10?,13-;;8-;3-,4-;/m000.01./s1. The van der Waals surface area contributed by atoms with E-state index in [-0.39, 0.29) is 145 Å². The number of pyridine rings is 3. The third-order valence-electron chi connectivity index (χ3n) is 23.5. The van der Waals surface area contributed by atoms with Gasteiger partial charge in [-0.25, -0.2) is 39.1 Å². The van der Waals surface area contributed by atoms with Gasteiger partial charge in [0.2, 0.25) is 0 Å². The maximum Gasteiger partial charge on any atom is 0.415 e. The summed E-state index contributed by atoms with van der Waals surface area (Å²) in [4.78, 5) is 147. The molecule has 10 N–H and O–H groups in total. The number of halogens is 3. The molecule has 5 amide bonds. The number of aromatic nitrogens is 15. The Balaban J connectivity index is 0.000000162. The molecule has 7 aliphatic rings. The highest BCUT2D eigenvalue weighted by Crippen LogP contribution is 2.39. The van der Waals surface area contributed by atoms with Crippen LogP contribution in [-0.4, -0.2) is 275 Å². The molecule has 0 bridgehead atoms. The predicted octanol–water partition coefficient (Wildman–Crippen LogP) is 11.2. The van der Waals surface area contributed by atoms with Crippen LogP contribution in [0.1, 0.15) is 193 Å². The van der Waals surface area contributed by atoms with Gasteiger partial charge in [-0.15, -0.1) is 12.4 Å². The average Bonchev–Trinajstić information content (AvgIpc) is 1.64. The van der Waals surface area contributed by atoms with Crippen LogP contribution < -0.4 is 69.4 Å². The molecule has 11 aromatic heterocycles. The monoisotopic (exact) mass is 2040 g/mol. The van der Waals surface area contributed by atoms with Crippen molar-refractivity contribution in [1.82, 2.24) is 82.7 Å². The summed E-state index contributed by atoms with van der Waals surface area (Å²) in [5.74, 6) is 0.539. The Kier molecular flexibility index (Phi) is 35.8. The number of nitrogens with zero attached hydrogens (tertiary/aromatic N) is 18. The van der Waals surface area contributed by atoms with Gasteiger partial charge < -0.3 is 104 Å². The molecule has 3 aliphatic heterocycles. The number of nitrogens with one attached hydrogen (secondary N) is 5. The normalized spacial score (nSPS) is 20.3. The Bertz CT molecular complexity index is 6580. The number of nitrogens with two attached hydrogens (primary N) is 2. The lowest BCUT2D eigenvalue weighted by Crippen LogP contribution is -2.35. The summed E-state index contributed by atoms with van der Waals surface area (Å²) in [5, 5.41) is 41.3. The fraction of sp³-hybridized carbons (Fsp3) is 0.511. The highest BCUT2D eigenvalue weighted by Gasteiger charge is 2.43. The first-order valence-corrected chi connectivity index (χ1v) is 47.1. The molecular weight excluding hydrogens is 1920 g/mol. The maximum atomic E-state index is 13.4. The summed E-state index contributed by atoms with van der Waals surface area (Å²) in [6.45, 7) is 19.7. The molecule has 14 heterocycles. The van der Waals surface area contributed by atoms with Crippen molar-refractivity contribution >= 4 is 152 Å². The molecule has 0 aromatic carbocycles. The van der Waals surface area contributed by atoms with Crippen molar-refractivity contribution in [1.29, 1.82) is 0 Å². The van der Waals surface area contributed by atoms with Gasteiger partial charge in [0.15, 0.2) is 28.4 Å². The van der Waals surface area contributed by atoms with Gasteiger partial charge in [-0.2, -0.15) is 38.5 Å². The number of nitrogen functional groups attached to an aromatic ring is 1. The Labute approximate surface area is 838 Å². The number of ether oxygens (including phenoxy) is 10. The molecule has 143 heavy (non-hydrogen) atoms. The second-order valence-electron chi connectivity index (χ2n) is 37.8. The van der Waals surface area contributed by atoms with E-state index < -0.39 is 41.1 Å². The number of hydrogen-bond acceptors (Lipinski definition) is 33. The topological polar surface area (TPSA) is 541 Å². The van der Waals surface area contributed by atoms with Gasteiger partial charge in [0.25, 0.3) is 28.5 Å². The number of Topliss-reactive ketones (excluding diaryl/α,β-unsaturated/α-hetero) is 1. The fourth-order valence-corrected chi connectivity index (χ4v) is 16.0. The molecule has 11 aromatic rings. The molecule has 49 heteroatoms. The van der Waals surface area contributed by atoms with E-state index in [4.69, 9.17) is 87.1 Å². The summed E-state index contributed by atoms with van der Waals surface area (Å²) < 4.78 is 63.9. The van der Waals surface area contributed by atoms with Crippen molar-refractivity contribution in [3.63, 3.8) is 0 Å². The molecule has 4 saturated carbocycles. The number of anilines is 9. The number of amides is 5. The minimum absolute atomic E-state index is 0. The lowest BCUT2D eigenvalue weighted by molar-refractivity contribution is 0.0577. The maximum absolute atomic E-state index is 13.4. The Hall–Kier alpha value is -13.0. The van der Waals surface area contributed by atoms with Crippen molar-refractivity contribution in [2.45, 2.75) is 210 Å². The van der Waals surface area contributed by atoms with Crippen LogP contribution in [0.4, 0.5) is 66.4 Å². The molecule has 3 unspecified atom stereocenters. The lowest BCUT2D eigenvalue weighted by Gasteiger charge is -2.25. The predicted molar refractivity (Wildman–Crippen MR) is 535 cm³/mol. The molecular formula is C94H124Cl3N25O21. The van der Waals surface area contributed by atoms with E-state index in [1.54, 1.807) is 191 Å². The summed E-state index contributed by atoms with van der Waals surface area (Å²) in [6, 6.07) is 17.0. The van der Waals surface area contributed by atoms with E-state index in [1.807, 2.05) is 6.07 Å². The Morgan fingerprint density at radius 1 is 0.490 bits per heavy atom. The minimum Gasteiger partial charge on any atom is -0.477 e. The SMILES string of the molecule is CN(C(=O)OC(C)(C)C)c1cc(Cl)nc2c(C(=O)O)cnn12.CNc1cc(Nc2cccn([C@H]3CCCOC3)c2=O)nc2c(C(=O)NC3C[C@@H]3OC)cnn12.CO[C@@H]1C[C@H]1N.CO[C@H]1CC1CC(=O)c1cnn2c(N(C)C(=O)OC(C)(C)C)cc(Cl)nc12.CO[C@H]1CC1NC(=O)c1cnn2c(N(C)C(=O)OC(C)(C)C)cc(Nc3cccn([C@H]4CCCOC4)c3=O)nc12.Cl.Nc1cccn([C@H]2CCCOC2)c1=O. The van der Waals surface area contributed by atoms with Gasteiger partial charge in [-0.05, 0) is 169 Å². The minimum atomic E-state index is -1.18. The van der Waals surface area contributed by atoms with Crippen molar-refractivity contribution in [2.75, 3.05) is 133 Å². The molecule has 0 spiro atoms. The van der Waals surface area contributed by atoms with Crippen LogP contribution in [-0.2, 0) is 47.4 Å². The van der Waals surface area contributed by atoms with Crippen LogP contribution in [0.25, 0.3) is 22.6 Å². The van der Waals surface area contributed by atoms with Gasteiger partial charge in [0.05, 0.1) is 110 Å². The molecule has 3 saturated heterocycles. The molecule has 46 nitrogen and oxygen atoms in total. The first kappa shape index (κ1) is 109. The van der Waals surface area contributed by atoms with Crippen molar-refractivity contribution in [3.8, 4) is 0 Å². The van der Waals surface area contributed by atoms with Gasteiger partial charge in [-0.3, -0.25) is 43.5 Å². The second-order valence-corrected chi connectivity index (χ2v) is 38.6. The van der Waals surface area contributed by atoms with E-state index in [0.717, 1.165) is 83.6 Å². The number of carboxylic acids is 1. The summed E-state index contributed by atoms with van der Waals surface area (Å²) in [6.07, 6.45) is 18.9. The van der Waals surface area contributed by atoms with Gasteiger partial charge in [0, 0.05) is 132 Å². The number of aromatic carboxylic acids is 1. The van der Waals surface area contributed by atoms with E-state index in [9.17, 15) is 47.9 Å². The molecule has 18 rings (SSSR count). The number of carbonyl (C=O) groups is 7. The van der Waals surface area contributed by atoms with Crippen LogP contribution in [0.2, 0.25) is 10.3 Å². The molecule has 772 valence electrons. The summed E-state index contributed by atoms with van der Waals surface area (Å²) >= 11 is 12.1. The van der Waals surface area contributed by atoms with Gasteiger partial charge in [-0.1, -0.05) is 23.2 Å². The zero-order chi connectivity index (χ0) is 103. The van der Waals surface area contributed by atoms with Crippen LogP contribution in [0, 0.1) is 5.92 Å². The number of carbonyl (C=O) groups excluding carboxylic acids is 6. The molecule has 11 atom stereocenters. The molecule has 4 aliphatic carbocycles. The largest absolute Gasteiger partial charge is 0.477 e. The van der Waals surface area contributed by atoms with Crippen LogP contribution in [0.3, 0.4) is 0 Å². The van der Waals surface area contributed by atoms with Gasteiger partial charge >= 0.3 is 24.2 Å². The number of fused-ring (bicyclic) bond motifs is 4.